The molecule has 2 aromatic carbocycles. The molecular formula is C17H14N2O2. The van der Waals surface area contributed by atoms with Gasteiger partial charge >= 0.3 is 0 Å². The number of hydrogen-bond acceptors (Lipinski definition) is 4. The largest absolute Gasteiger partial charge is 0.467 e. The van der Waals surface area contributed by atoms with Crippen molar-refractivity contribution in [3.05, 3.63) is 60.6 Å². The third-order valence-electron chi connectivity index (χ3n) is 3.59. The summed E-state index contributed by atoms with van der Waals surface area (Å²) in [6.45, 7) is 0.617. The van der Waals surface area contributed by atoms with Crippen LogP contribution >= 0.6 is 0 Å². The molecule has 0 aliphatic rings. The zero-order chi connectivity index (χ0) is 14.2. The smallest absolute Gasteiger partial charge is 0.160 e. The predicted octanol–water partition coefficient (Wildman–Crippen LogP) is 4.37. The van der Waals surface area contributed by atoms with Crippen molar-refractivity contribution in [2.45, 2.75) is 6.54 Å². The molecule has 21 heavy (non-hydrogen) atoms. The van der Waals surface area contributed by atoms with Gasteiger partial charge < -0.3 is 19.9 Å². The van der Waals surface area contributed by atoms with Crippen LogP contribution in [0.1, 0.15) is 5.76 Å². The maximum absolute atomic E-state index is 6.04. The van der Waals surface area contributed by atoms with Gasteiger partial charge in [-0.25, -0.2) is 0 Å². The SMILES string of the molecule is Nc1ccc(NCc2ccco2)c2c1oc1ccccc12. The van der Waals surface area contributed by atoms with Crippen LogP contribution < -0.4 is 11.1 Å². The molecule has 0 radical (unpaired) electrons. The highest BCUT2D eigenvalue weighted by Crippen LogP contribution is 2.37. The minimum Gasteiger partial charge on any atom is -0.467 e. The Balaban J connectivity index is 1.86. The van der Waals surface area contributed by atoms with E-state index in [1.807, 2.05) is 48.5 Å². The molecule has 3 N–H and O–H groups in total. The average Bonchev–Trinajstić information content (AvgIpc) is 3.14. The van der Waals surface area contributed by atoms with Crippen molar-refractivity contribution >= 4 is 33.3 Å². The molecule has 2 heterocycles. The lowest BCUT2D eigenvalue weighted by atomic mass is 10.1. The highest BCUT2D eigenvalue weighted by molar-refractivity contribution is 6.14. The summed E-state index contributed by atoms with van der Waals surface area (Å²) in [5, 5.41) is 5.45. The maximum Gasteiger partial charge on any atom is 0.160 e. The van der Waals surface area contributed by atoms with Gasteiger partial charge in [-0.3, -0.25) is 0 Å². The molecular weight excluding hydrogens is 264 g/mol. The number of nitrogen functional groups attached to an aromatic ring is 1. The first-order valence-electron chi connectivity index (χ1n) is 6.79. The Bertz CT molecular complexity index is 907. The van der Waals surface area contributed by atoms with Crippen molar-refractivity contribution in [3.63, 3.8) is 0 Å². The van der Waals surface area contributed by atoms with Crippen molar-refractivity contribution in [1.29, 1.82) is 0 Å². The Morgan fingerprint density at radius 2 is 1.90 bits per heavy atom. The molecule has 0 fully saturated rings. The Kier molecular flexibility index (Phi) is 2.60. The monoisotopic (exact) mass is 278 g/mol. The third-order valence-corrected chi connectivity index (χ3v) is 3.59. The lowest BCUT2D eigenvalue weighted by Gasteiger charge is -2.07. The summed E-state index contributed by atoms with van der Waals surface area (Å²) in [5.41, 5.74) is 9.23. The average molecular weight is 278 g/mol. The number of para-hydroxylation sites is 1. The third kappa shape index (κ3) is 1.92. The van der Waals surface area contributed by atoms with Gasteiger partial charge in [0.25, 0.3) is 0 Å². The standard InChI is InChI=1S/C17H14N2O2/c18-13-7-8-14(19-10-11-4-3-9-20-11)16-12-5-1-2-6-15(12)21-17(13)16/h1-9,19H,10,18H2. The van der Waals surface area contributed by atoms with Crippen LogP contribution in [0.15, 0.2) is 63.6 Å². The molecule has 0 amide bonds. The number of nitrogens with two attached hydrogens (primary N) is 1. The zero-order valence-corrected chi connectivity index (χ0v) is 11.3. The summed E-state index contributed by atoms with van der Waals surface area (Å²) in [4.78, 5) is 0. The first-order valence-corrected chi connectivity index (χ1v) is 6.79. The molecule has 0 atom stereocenters. The van der Waals surface area contributed by atoms with E-state index < -0.39 is 0 Å². The first-order chi connectivity index (χ1) is 10.3. The van der Waals surface area contributed by atoms with Gasteiger partial charge in [-0.2, -0.15) is 0 Å². The Hall–Kier alpha value is -2.88. The van der Waals surface area contributed by atoms with E-state index in [1.54, 1.807) is 6.26 Å². The summed E-state index contributed by atoms with van der Waals surface area (Å²) in [6.07, 6.45) is 1.67. The van der Waals surface area contributed by atoms with Crippen LogP contribution in [0.2, 0.25) is 0 Å². The molecule has 4 nitrogen and oxygen atoms in total. The predicted molar refractivity (Wildman–Crippen MR) is 84.2 cm³/mol. The fourth-order valence-electron chi connectivity index (χ4n) is 2.59. The second kappa shape index (κ2) is 4.59. The second-order valence-electron chi connectivity index (χ2n) is 4.94. The van der Waals surface area contributed by atoms with E-state index in [9.17, 15) is 0 Å². The van der Waals surface area contributed by atoms with Gasteiger partial charge in [0.05, 0.1) is 23.9 Å². The fraction of sp³-hybridized carbons (Fsp3) is 0.0588. The van der Waals surface area contributed by atoms with E-state index >= 15 is 0 Å². The summed E-state index contributed by atoms with van der Waals surface area (Å²) >= 11 is 0. The molecule has 0 bridgehead atoms. The van der Waals surface area contributed by atoms with Crippen molar-refractivity contribution in [2.24, 2.45) is 0 Å². The van der Waals surface area contributed by atoms with Crippen molar-refractivity contribution < 1.29 is 8.83 Å². The van der Waals surface area contributed by atoms with Gasteiger partial charge in [0.2, 0.25) is 0 Å². The van der Waals surface area contributed by atoms with E-state index in [0.29, 0.717) is 12.2 Å². The summed E-state index contributed by atoms with van der Waals surface area (Å²) in [6, 6.07) is 15.6. The number of rotatable bonds is 3. The topological polar surface area (TPSA) is 64.3 Å². The second-order valence-corrected chi connectivity index (χ2v) is 4.94. The summed E-state index contributed by atoms with van der Waals surface area (Å²) in [5.74, 6) is 0.882. The van der Waals surface area contributed by atoms with Gasteiger partial charge in [-0.1, -0.05) is 18.2 Å². The highest BCUT2D eigenvalue weighted by atomic mass is 16.3. The fourth-order valence-corrected chi connectivity index (χ4v) is 2.59. The number of hydrogen-bond donors (Lipinski definition) is 2. The van der Waals surface area contributed by atoms with E-state index in [-0.39, 0.29) is 0 Å². The molecule has 0 aliphatic carbocycles. The first kappa shape index (κ1) is 11.9. The summed E-state index contributed by atoms with van der Waals surface area (Å²) in [7, 11) is 0. The normalized spacial score (nSPS) is 11.2. The molecule has 0 saturated heterocycles. The van der Waals surface area contributed by atoms with E-state index in [2.05, 4.69) is 5.32 Å². The van der Waals surface area contributed by atoms with Crippen LogP contribution in [-0.2, 0) is 6.54 Å². The molecule has 0 aliphatic heterocycles. The molecule has 0 unspecified atom stereocenters. The number of fused-ring (bicyclic) bond motifs is 3. The van der Waals surface area contributed by atoms with Crippen LogP contribution in [0.4, 0.5) is 11.4 Å². The lowest BCUT2D eigenvalue weighted by Crippen LogP contribution is -1.99. The highest BCUT2D eigenvalue weighted by Gasteiger charge is 2.13. The molecule has 4 heteroatoms. The zero-order valence-electron chi connectivity index (χ0n) is 11.3. The van der Waals surface area contributed by atoms with E-state index in [1.165, 1.54) is 0 Å². The van der Waals surface area contributed by atoms with Crippen LogP contribution in [0.3, 0.4) is 0 Å². The Morgan fingerprint density at radius 1 is 1.00 bits per heavy atom. The van der Waals surface area contributed by atoms with E-state index in [4.69, 9.17) is 14.6 Å². The number of anilines is 2. The lowest BCUT2D eigenvalue weighted by molar-refractivity contribution is 0.518. The van der Waals surface area contributed by atoms with Gasteiger partial charge in [0.1, 0.15) is 11.3 Å². The minimum absolute atomic E-state index is 0.617. The molecule has 2 aromatic heterocycles. The van der Waals surface area contributed by atoms with Crippen LogP contribution in [0, 0.1) is 0 Å². The number of furan rings is 2. The molecule has 104 valence electrons. The van der Waals surface area contributed by atoms with Crippen molar-refractivity contribution in [3.8, 4) is 0 Å². The summed E-state index contributed by atoms with van der Waals surface area (Å²) < 4.78 is 11.2. The van der Waals surface area contributed by atoms with Crippen LogP contribution in [-0.4, -0.2) is 0 Å². The van der Waals surface area contributed by atoms with Gasteiger partial charge in [-0.05, 0) is 30.3 Å². The van der Waals surface area contributed by atoms with Gasteiger partial charge in [0, 0.05) is 11.1 Å². The molecule has 0 saturated carbocycles. The van der Waals surface area contributed by atoms with Gasteiger partial charge in [0.15, 0.2) is 5.58 Å². The Labute approximate surface area is 121 Å². The number of benzene rings is 2. The van der Waals surface area contributed by atoms with Crippen LogP contribution in [0.5, 0.6) is 0 Å². The van der Waals surface area contributed by atoms with E-state index in [0.717, 1.165) is 33.4 Å². The van der Waals surface area contributed by atoms with Gasteiger partial charge in [-0.15, -0.1) is 0 Å². The molecule has 4 rings (SSSR count). The van der Waals surface area contributed by atoms with Crippen molar-refractivity contribution in [2.75, 3.05) is 11.1 Å². The molecule has 0 spiro atoms. The number of nitrogens with one attached hydrogen (secondary N) is 1. The Morgan fingerprint density at radius 3 is 2.76 bits per heavy atom. The molecule has 4 aromatic rings. The maximum atomic E-state index is 6.04. The van der Waals surface area contributed by atoms with Crippen LogP contribution in [0.25, 0.3) is 21.9 Å². The quantitative estimate of drug-likeness (QED) is 0.546. The minimum atomic E-state index is 0.617. The van der Waals surface area contributed by atoms with Crippen molar-refractivity contribution in [1.82, 2.24) is 0 Å².